The predicted octanol–water partition coefficient (Wildman–Crippen LogP) is 2.40. The van der Waals surface area contributed by atoms with Gasteiger partial charge in [0.15, 0.2) is 0 Å². The zero-order chi connectivity index (χ0) is 15.7. The molecule has 1 aliphatic heterocycles. The molecular weight excluding hydrogens is 298 g/mol. The number of amides is 1. The molecule has 6 heteroatoms. The van der Waals surface area contributed by atoms with Crippen LogP contribution in [0.1, 0.15) is 16.4 Å². The van der Waals surface area contributed by atoms with Gasteiger partial charge in [0.05, 0.1) is 23.9 Å². The highest BCUT2D eigenvalue weighted by Gasteiger charge is 2.20. The van der Waals surface area contributed by atoms with E-state index in [2.05, 4.69) is 27.9 Å². The molecular formula is C16H21N3O2S. The predicted molar refractivity (Wildman–Crippen MR) is 87.2 cm³/mol. The topological polar surface area (TPSA) is 47.4 Å². The first-order valence-corrected chi connectivity index (χ1v) is 8.39. The first-order chi connectivity index (χ1) is 10.6. The van der Waals surface area contributed by atoms with E-state index in [1.54, 1.807) is 11.3 Å². The van der Waals surface area contributed by atoms with Crippen LogP contribution in [-0.4, -0.2) is 46.7 Å². The molecule has 0 atom stereocenters. The van der Waals surface area contributed by atoms with Gasteiger partial charge in [-0.3, -0.25) is 4.79 Å². The lowest BCUT2D eigenvalue weighted by Crippen LogP contribution is -2.42. The molecule has 1 amide bonds. The summed E-state index contributed by atoms with van der Waals surface area (Å²) in [5.74, 6) is 0.158. The van der Waals surface area contributed by atoms with Crippen LogP contribution in [-0.2, 0) is 16.1 Å². The number of morpholine rings is 1. The Morgan fingerprint density at radius 1 is 1.32 bits per heavy atom. The normalized spacial score (nSPS) is 15.3. The number of aryl methyl sites for hydroxylation is 2. The van der Waals surface area contributed by atoms with Crippen LogP contribution in [0.2, 0.25) is 0 Å². The highest BCUT2D eigenvalue weighted by atomic mass is 32.1. The summed E-state index contributed by atoms with van der Waals surface area (Å²) in [5.41, 5.74) is 4.32. The van der Waals surface area contributed by atoms with Gasteiger partial charge in [-0.15, -0.1) is 11.3 Å². The maximum Gasteiger partial charge on any atom is 0.242 e. The maximum atomic E-state index is 12.5. The van der Waals surface area contributed by atoms with Crippen LogP contribution in [0, 0.1) is 20.8 Å². The van der Waals surface area contributed by atoms with E-state index in [1.807, 2.05) is 18.7 Å². The quantitative estimate of drug-likeness (QED) is 0.873. The molecule has 22 heavy (non-hydrogen) atoms. The Balaban J connectivity index is 1.82. The number of ether oxygens (including phenoxy) is 1. The molecule has 0 aromatic carbocycles. The van der Waals surface area contributed by atoms with E-state index in [0.717, 1.165) is 27.7 Å². The van der Waals surface area contributed by atoms with Gasteiger partial charge < -0.3 is 14.2 Å². The number of hydrogen-bond acceptors (Lipinski definition) is 4. The second-order valence-corrected chi connectivity index (χ2v) is 6.68. The van der Waals surface area contributed by atoms with E-state index in [-0.39, 0.29) is 5.91 Å². The SMILES string of the molecule is Cc1nc(-c2cc(C)n(CC(=O)N3CCOCC3)c2C)cs1. The van der Waals surface area contributed by atoms with Crippen molar-refractivity contribution < 1.29 is 9.53 Å². The van der Waals surface area contributed by atoms with Crippen molar-refractivity contribution in [3.63, 3.8) is 0 Å². The maximum absolute atomic E-state index is 12.5. The van der Waals surface area contributed by atoms with Crippen molar-refractivity contribution in [2.75, 3.05) is 26.3 Å². The zero-order valence-corrected chi connectivity index (χ0v) is 14.1. The molecule has 0 radical (unpaired) electrons. The first-order valence-electron chi connectivity index (χ1n) is 7.51. The molecule has 1 aliphatic rings. The summed E-state index contributed by atoms with van der Waals surface area (Å²) < 4.78 is 7.39. The molecule has 0 unspecified atom stereocenters. The van der Waals surface area contributed by atoms with Gasteiger partial charge in [0.1, 0.15) is 6.54 Å². The fourth-order valence-electron chi connectivity index (χ4n) is 2.84. The molecule has 118 valence electrons. The van der Waals surface area contributed by atoms with Gasteiger partial charge in [-0.2, -0.15) is 0 Å². The van der Waals surface area contributed by atoms with E-state index in [4.69, 9.17) is 4.74 Å². The van der Waals surface area contributed by atoms with Gasteiger partial charge >= 0.3 is 0 Å². The van der Waals surface area contributed by atoms with E-state index >= 15 is 0 Å². The fourth-order valence-corrected chi connectivity index (χ4v) is 3.45. The monoisotopic (exact) mass is 319 g/mol. The molecule has 3 heterocycles. The molecule has 1 fully saturated rings. The Labute approximate surface area is 134 Å². The summed E-state index contributed by atoms with van der Waals surface area (Å²) in [4.78, 5) is 18.9. The minimum absolute atomic E-state index is 0.158. The van der Waals surface area contributed by atoms with E-state index in [0.29, 0.717) is 32.8 Å². The van der Waals surface area contributed by atoms with Crippen LogP contribution in [0.25, 0.3) is 11.3 Å². The Bertz CT molecular complexity index is 684. The van der Waals surface area contributed by atoms with Gasteiger partial charge in [0, 0.05) is 35.4 Å². The lowest BCUT2D eigenvalue weighted by Gasteiger charge is -2.27. The standard InChI is InChI=1S/C16H21N3O2S/c1-11-8-14(15-10-22-13(3)17-15)12(2)19(11)9-16(20)18-4-6-21-7-5-18/h8,10H,4-7,9H2,1-3H3. The summed E-state index contributed by atoms with van der Waals surface area (Å²) in [6.07, 6.45) is 0. The summed E-state index contributed by atoms with van der Waals surface area (Å²) in [6.45, 7) is 9.16. The van der Waals surface area contributed by atoms with Crippen molar-refractivity contribution in [1.29, 1.82) is 0 Å². The van der Waals surface area contributed by atoms with Crippen molar-refractivity contribution in [3.8, 4) is 11.3 Å². The summed E-state index contributed by atoms with van der Waals surface area (Å²) >= 11 is 1.65. The summed E-state index contributed by atoms with van der Waals surface area (Å²) in [5, 5.41) is 3.13. The van der Waals surface area contributed by atoms with Crippen molar-refractivity contribution in [3.05, 3.63) is 27.8 Å². The molecule has 0 bridgehead atoms. The number of rotatable bonds is 3. The molecule has 0 spiro atoms. The van der Waals surface area contributed by atoms with Gasteiger partial charge in [-0.05, 0) is 26.8 Å². The van der Waals surface area contributed by atoms with Gasteiger partial charge in [-0.1, -0.05) is 0 Å². The molecule has 0 saturated carbocycles. The molecule has 1 saturated heterocycles. The van der Waals surface area contributed by atoms with Gasteiger partial charge in [0.25, 0.3) is 0 Å². The van der Waals surface area contributed by atoms with Crippen LogP contribution in [0.15, 0.2) is 11.4 Å². The molecule has 2 aromatic rings. The van der Waals surface area contributed by atoms with Crippen molar-refractivity contribution in [2.24, 2.45) is 0 Å². The highest BCUT2D eigenvalue weighted by molar-refractivity contribution is 7.09. The Kier molecular flexibility index (Phi) is 4.31. The number of carbonyl (C=O) groups is 1. The van der Waals surface area contributed by atoms with Crippen molar-refractivity contribution in [1.82, 2.24) is 14.5 Å². The fraction of sp³-hybridized carbons (Fsp3) is 0.500. The third-order valence-electron chi connectivity index (χ3n) is 4.13. The highest BCUT2D eigenvalue weighted by Crippen LogP contribution is 2.28. The second kappa shape index (κ2) is 6.22. The zero-order valence-electron chi connectivity index (χ0n) is 13.3. The molecule has 0 N–H and O–H groups in total. The van der Waals surface area contributed by atoms with E-state index in [9.17, 15) is 4.79 Å². The van der Waals surface area contributed by atoms with Gasteiger partial charge in [0.2, 0.25) is 5.91 Å². The third kappa shape index (κ3) is 2.94. The lowest BCUT2D eigenvalue weighted by atomic mass is 10.2. The third-order valence-corrected chi connectivity index (χ3v) is 4.90. The van der Waals surface area contributed by atoms with Crippen LogP contribution >= 0.6 is 11.3 Å². The Morgan fingerprint density at radius 2 is 2.05 bits per heavy atom. The van der Waals surface area contributed by atoms with Crippen LogP contribution in [0.3, 0.4) is 0 Å². The van der Waals surface area contributed by atoms with Crippen molar-refractivity contribution >= 4 is 17.2 Å². The van der Waals surface area contributed by atoms with Crippen LogP contribution < -0.4 is 0 Å². The number of thiazole rings is 1. The van der Waals surface area contributed by atoms with Crippen LogP contribution in [0.4, 0.5) is 0 Å². The molecule has 3 rings (SSSR count). The number of nitrogens with zero attached hydrogens (tertiary/aromatic N) is 3. The van der Waals surface area contributed by atoms with E-state index in [1.165, 1.54) is 0 Å². The lowest BCUT2D eigenvalue weighted by molar-refractivity contribution is -0.135. The number of aromatic nitrogens is 2. The minimum atomic E-state index is 0.158. The average molecular weight is 319 g/mol. The largest absolute Gasteiger partial charge is 0.378 e. The molecule has 5 nitrogen and oxygen atoms in total. The Morgan fingerprint density at radius 3 is 2.68 bits per heavy atom. The number of hydrogen-bond donors (Lipinski definition) is 0. The smallest absolute Gasteiger partial charge is 0.242 e. The van der Waals surface area contributed by atoms with Gasteiger partial charge in [-0.25, -0.2) is 4.98 Å². The van der Waals surface area contributed by atoms with Crippen LogP contribution in [0.5, 0.6) is 0 Å². The average Bonchev–Trinajstić information content (AvgIpc) is 3.06. The first kappa shape index (κ1) is 15.2. The summed E-state index contributed by atoms with van der Waals surface area (Å²) in [7, 11) is 0. The Hall–Kier alpha value is -1.66. The minimum Gasteiger partial charge on any atom is -0.378 e. The second-order valence-electron chi connectivity index (χ2n) is 5.62. The molecule has 2 aromatic heterocycles. The van der Waals surface area contributed by atoms with E-state index < -0.39 is 0 Å². The summed E-state index contributed by atoms with van der Waals surface area (Å²) in [6, 6.07) is 2.12. The molecule has 0 aliphatic carbocycles. The number of carbonyl (C=O) groups excluding carboxylic acids is 1. The van der Waals surface area contributed by atoms with Crippen molar-refractivity contribution in [2.45, 2.75) is 27.3 Å².